The molecular weight excluding hydrogens is 359 g/mol. The third-order valence-electron chi connectivity index (χ3n) is 5.80. The van der Waals surface area contributed by atoms with E-state index in [9.17, 15) is 19.1 Å². The monoisotopic (exact) mass is 382 g/mol. The van der Waals surface area contributed by atoms with E-state index >= 15 is 0 Å². The molecule has 2 aromatic rings. The third-order valence-corrected chi connectivity index (χ3v) is 5.80. The van der Waals surface area contributed by atoms with Gasteiger partial charge in [-0.25, -0.2) is 4.98 Å². The Bertz CT molecular complexity index is 883. The van der Waals surface area contributed by atoms with Crippen LogP contribution in [0.3, 0.4) is 0 Å². The molecule has 5 nitrogen and oxygen atoms in total. The Hall–Kier alpha value is -2.76. The Kier molecular flexibility index (Phi) is 5.11. The van der Waals surface area contributed by atoms with E-state index < -0.39 is 29.8 Å². The Morgan fingerprint density at radius 1 is 1.04 bits per heavy atom. The van der Waals surface area contributed by atoms with Gasteiger partial charge in [-0.2, -0.15) is 4.39 Å². The maximum Gasteiger partial charge on any atom is 0.307 e. The minimum Gasteiger partial charge on any atom is -0.481 e. The fourth-order valence-electron chi connectivity index (χ4n) is 4.11. The highest BCUT2D eigenvalue weighted by Crippen LogP contribution is 2.41. The van der Waals surface area contributed by atoms with Crippen LogP contribution in [-0.2, 0) is 9.59 Å². The van der Waals surface area contributed by atoms with Gasteiger partial charge in [0.05, 0.1) is 23.6 Å². The van der Waals surface area contributed by atoms with Gasteiger partial charge in [-0.15, -0.1) is 0 Å². The van der Waals surface area contributed by atoms with Crippen LogP contribution in [-0.4, -0.2) is 22.0 Å². The molecule has 4 rings (SSSR count). The number of benzene rings is 1. The molecule has 0 saturated heterocycles. The zero-order chi connectivity index (χ0) is 19.7. The molecular formula is C22H23FN2O3. The number of carboxylic acid groups (broad SMARTS) is 1. The zero-order valence-corrected chi connectivity index (χ0v) is 15.5. The second kappa shape index (κ2) is 7.70. The van der Waals surface area contributed by atoms with Crippen LogP contribution in [0.2, 0.25) is 0 Å². The van der Waals surface area contributed by atoms with Crippen LogP contribution in [0.4, 0.5) is 4.39 Å². The van der Waals surface area contributed by atoms with Gasteiger partial charge < -0.3 is 10.4 Å². The van der Waals surface area contributed by atoms with Gasteiger partial charge in [-0.3, -0.25) is 9.59 Å². The summed E-state index contributed by atoms with van der Waals surface area (Å²) in [4.78, 5) is 28.5. The number of pyridine rings is 1. The molecule has 1 aromatic heterocycles. The largest absolute Gasteiger partial charge is 0.481 e. The molecule has 2 saturated carbocycles. The number of hydrogen-bond donors (Lipinski definition) is 2. The second-order valence-corrected chi connectivity index (χ2v) is 7.72. The first kappa shape index (κ1) is 18.6. The van der Waals surface area contributed by atoms with Crippen LogP contribution >= 0.6 is 0 Å². The summed E-state index contributed by atoms with van der Waals surface area (Å²) >= 11 is 0. The van der Waals surface area contributed by atoms with Gasteiger partial charge in [-0.05, 0) is 43.2 Å². The smallest absolute Gasteiger partial charge is 0.307 e. The third kappa shape index (κ3) is 3.77. The highest BCUT2D eigenvalue weighted by Gasteiger charge is 2.39. The van der Waals surface area contributed by atoms with Gasteiger partial charge in [0.25, 0.3) is 0 Å². The summed E-state index contributed by atoms with van der Waals surface area (Å²) in [7, 11) is 0. The van der Waals surface area contributed by atoms with E-state index in [4.69, 9.17) is 0 Å². The van der Waals surface area contributed by atoms with Crippen LogP contribution in [0.1, 0.15) is 60.9 Å². The summed E-state index contributed by atoms with van der Waals surface area (Å²) in [5.41, 5.74) is 1.83. The minimum absolute atomic E-state index is 0.251. The van der Waals surface area contributed by atoms with Crippen molar-refractivity contribution in [2.75, 3.05) is 0 Å². The molecule has 2 aliphatic rings. The topological polar surface area (TPSA) is 79.3 Å². The Morgan fingerprint density at radius 3 is 2.39 bits per heavy atom. The molecule has 0 unspecified atom stereocenters. The van der Waals surface area contributed by atoms with Crippen molar-refractivity contribution in [3.63, 3.8) is 0 Å². The molecule has 2 fully saturated rings. The summed E-state index contributed by atoms with van der Waals surface area (Å²) in [5, 5.41) is 12.3. The molecule has 1 heterocycles. The number of nitrogens with one attached hydrogen (secondary N) is 1. The van der Waals surface area contributed by atoms with E-state index in [-0.39, 0.29) is 11.8 Å². The molecule has 1 amide bonds. The normalized spacial score (nSPS) is 22.6. The molecule has 2 aliphatic carbocycles. The van der Waals surface area contributed by atoms with E-state index in [0.29, 0.717) is 30.5 Å². The number of aromatic nitrogens is 1. The van der Waals surface area contributed by atoms with Crippen LogP contribution in [0.25, 0.3) is 0 Å². The number of carbonyl (C=O) groups excluding carboxylic acids is 1. The molecule has 2 N–H and O–H groups in total. The zero-order valence-electron chi connectivity index (χ0n) is 15.5. The number of nitrogens with zero attached hydrogens (tertiary/aromatic N) is 1. The first-order chi connectivity index (χ1) is 13.5. The van der Waals surface area contributed by atoms with Crippen molar-refractivity contribution in [3.05, 3.63) is 65.2 Å². The maximum atomic E-state index is 14.5. The standard InChI is InChI=1S/C22H23FN2O3/c23-20-15(13-9-10-13)11-12-18(24-20)19(14-5-2-1-3-6-14)25-21(26)16-7-4-8-17(16)22(27)28/h1-3,5-6,11-13,16-17,19H,4,7-10H2,(H,25,26)(H,27,28)/t16-,17+,19+/m1/s1. The van der Waals surface area contributed by atoms with Gasteiger partial charge in [0.15, 0.2) is 0 Å². The number of amides is 1. The predicted molar refractivity (Wildman–Crippen MR) is 101 cm³/mol. The summed E-state index contributed by atoms with van der Waals surface area (Å²) in [6.07, 6.45) is 3.73. The van der Waals surface area contributed by atoms with Crippen LogP contribution in [0.15, 0.2) is 42.5 Å². The van der Waals surface area contributed by atoms with Gasteiger partial charge in [0, 0.05) is 5.56 Å². The average Bonchev–Trinajstić information content (AvgIpc) is 3.40. The number of hydrogen-bond acceptors (Lipinski definition) is 3. The molecule has 0 aliphatic heterocycles. The maximum absolute atomic E-state index is 14.5. The van der Waals surface area contributed by atoms with Crippen molar-refractivity contribution in [1.29, 1.82) is 0 Å². The lowest BCUT2D eigenvalue weighted by atomic mass is 9.94. The summed E-state index contributed by atoms with van der Waals surface area (Å²) in [6, 6.07) is 12.2. The first-order valence-electron chi connectivity index (χ1n) is 9.79. The van der Waals surface area contributed by atoms with E-state index in [0.717, 1.165) is 18.4 Å². The van der Waals surface area contributed by atoms with Crippen molar-refractivity contribution < 1.29 is 19.1 Å². The van der Waals surface area contributed by atoms with Crippen molar-refractivity contribution >= 4 is 11.9 Å². The second-order valence-electron chi connectivity index (χ2n) is 7.72. The summed E-state index contributed by atoms with van der Waals surface area (Å²) < 4.78 is 14.5. The Balaban J connectivity index is 1.62. The van der Waals surface area contributed by atoms with E-state index in [1.165, 1.54) is 0 Å². The van der Waals surface area contributed by atoms with Crippen molar-refractivity contribution in [1.82, 2.24) is 10.3 Å². The van der Waals surface area contributed by atoms with Crippen molar-refractivity contribution in [2.45, 2.75) is 44.1 Å². The Labute approximate surface area is 163 Å². The van der Waals surface area contributed by atoms with Crippen LogP contribution in [0.5, 0.6) is 0 Å². The molecule has 0 bridgehead atoms. The van der Waals surface area contributed by atoms with Gasteiger partial charge >= 0.3 is 5.97 Å². The number of rotatable bonds is 6. The summed E-state index contributed by atoms with van der Waals surface area (Å²) in [5.74, 6) is -2.72. The van der Waals surface area contributed by atoms with Crippen LogP contribution in [0, 0.1) is 17.8 Å². The molecule has 1 aromatic carbocycles. The van der Waals surface area contributed by atoms with Gasteiger partial charge in [-0.1, -0.05) is 42.8 Å². The number of aliphatic carboxylic acids is 1. The highest BCUT2D eigenvalue weighted by atomic mass is 19.1. The quantitative estimate of drug-likeness (QED) is 0.745. The SMILES string of the molecule is O=C(O)[C@H]1CCC[C@H]1C(=O)N[C@@H](c1ccccc1)c1ccc(C2CC2)c(F)n1. The predicted octanol–water partition coefficient (Wildman–Crippen LogP) is 3.80. The van der Waals surface area contributed by atoms with E-state index in [1.54, 1.807) is 12.1 Å². The number of halogens is 1. The molecule has 28 heavy (non-hydrogen) atoms. The number of carbonyl (C=O) groups is 2. The van der Waals surface area contributed by atoms with Crippen molar-refractivity contribution in [2.24, 2.45) is 11.8 Å². The van der Waals surface area contributed by atoms with Crippen molar-refractivity contribution in [3.8, 4) is 0 Å². The molecule has 146 valence electrons. The fraction of sp³-hybridized carbons (Fsp3) is 0.409. The Morgan fingerprint density at radius 2 is 1.75 bits per heavy atom. The molecule has 3 atom stereocenters. The fourth-order valence-corrected chi connectivity index (χ4v) is 4.11. The lowest BCUT2D eigenvalue weighted by Gasteiger charge is -2.23. The van der Waals surface area contributed by atoms with E-state index in [1.807, 2.05) is 30.3 Å². The average molecular weight is 382 g/mol. The number of carboxylic acids is 1. The molecule has 0 radical (unpaired) electrons. The minimum atomic E-state index is -0.938. The lowest BCUT2D eigenvalue weighted by molar-refractivity contribution is -0.146. The molecule has 6 heteroatoms. The van der Waals surface area contributed by atoms with Gasteiger partial charge in [0.2, 0.25) is 11.9 Å². The summed E-state index contributed by atoms with van der Waals surface area (Å²) in [6.45, 7) is 0. The molecule has 0 spiro atoms. The highest BCUT2D eigenvalue weighted by molar-refractivity contribution is 5.85. The lowest BCUT2D eigenvalue weighted by Crippen LogP contribution is -2.38. The van der Waals surface area contributed by atoms with E-state index in [2.05, 4.69) is 10.3 Å². The van der Waals surface area contributed by atoms with Crippen LogP contribution < -0.4 is 5.32 Å². The van der Waals surface area contributed by atoms with Gasteiger partial charge in [0.1, 0.15) is 0 Å². The first-order valence-corrected chi connectivity index (χ1v) is 9.79.